The van der Waals surface area contributed by atoms with Crippen LogP contribution in [-0.4, -0.2) is 28.9 Å². The molecule has 0 saturated heterocycles. The molecule has 100 valence electrons. The number of hydrogen-bond acceptors (Lipinski definition) is 3. The average Bonchev–Trinajstić information content (AvgIpc) is 2.27. The van der Waals surface area contributed by atoms with Crippen molar-refractivity contribution >= 4 is 29.3 Å². The van der Waals surface area contributed by atoms with E-state index in [1.165, 1.54) is 11.8 Å². The van der Waals surface area contributed by atoms with E-state index in [-0.39, 0.29) is 11.9 Å². The number of aliphatic hydroxyl groups excluding tert-OH is 1. The maximum Gasteiger partial charge on any atom is 0.230 e. The Labute approximate surface area is 117 Å². The minimum Gasteiger partial charge on any atom is -0.393 e. The Morgan fingerprint density at radius 1 is 1.39 bits per heavy atom. The van der Waals surface area contributed by atoms with Crippen LogP contribution < -0.4 is 5.32 Å². The van der Waals surface area contributed by atoms with Gasteiger partial charge in [0.1, 0.15) is 0 Å². The second-order valence-electron chi connectivity index (χ2n) is 4.30. The van der Waals surface area contributed by atoms with Crippen molar-refractivity contribution in [3.63, 3.8) is 0 Å². The van der Waals surface area contributed by atoms with Gasteiger partial charge in [0.05, 0.1) is 11.9 Å². The van der Waals surface area contributed by atoms with E-state index < -0.39 is 6.10 Å². The highest BCUT2D eigenvalue weighted by Gasteiger charge is 2.10. The quantitative estimate of drug-likeness (QED) is 0.791. The first-order chi connectivity index (χ1) is 8.47. The van der Waals surface area contributed by atoms with Gasteiger partial charge in [-0.25, -0.2) is 0 Å². The predicted octanol–water partition coefficient (Wildman–Crippen LogP) is 2.71. The lowest BCUT2D eigenvalue weighted by Crippen LogP contribution is -2.35. The molecule has 5 heteroatoms. The molecule has 2 unspecified atom stereocenters. The fourth-order valence-electron chi connectivity index (χ4n) is 1.57. The summed E-state index contributed by atoms with van der Waals surface area (Å²) < 4.78 is 0. The Hall–Kier alpha value is -0.710. The fourth-order valence-corrected chi connectivity index (χ4v) is 2.40. The number of halogens is 1. The molecule has 0 fully saturated rings. The number of carbonyl (C=O) groups is 1. The lowest BCUT2D eigenvalue weighted by molar-refractivity contribution is -0.119. The standard InChI is InChI=1S/C13H18ClNO2S/c1-9(7-10(2)16)15-13(17)8-18-12-5-3-11(14)4-6-12/h3-6,9-10,16H,7-8H2,1-2H3,(H,15,17). The van der Waals surface area contributed by atoms with Crippen LogP contribution in [0, 0.1) is 0 Å². The van der Waals surface area contributed by atoms with Crippen LogP contribution in [0.4, 0.5) is 0 Å². The maximum absolute atomic E-state index is 11.6. The molecular formula is C13H18ClNO2S. The third-order valence-corrected chi connectivity index (χ3v) is 3.55. The normalized spacial score (nSPS) is 14.0. The molecule has 0 radical (unpaired) electrons. The van der Waals surface area contributed by atoms with Crippen molar-refractivity contribution < 1.29 is 9.90 Å². The highest BCUT2D eigenvalue weighted by atomic mass is 35.5. The zero-order chi connectivity index (χ0) is 13.5. The minimum atomic E-state index is -0.399. The lowest BCUT2D eigenvalue weighted by atomic mass is 10.1. The van der Waals surface area contributed by atoms with Crippen molar-refractivity contribution in [3.8, 4) is 0 Å². The molecule has 0 aromatic heterocycles. The van der Waals surface area contributed by atoms with Crippen LogP contribution in [0.1, 0.15) is 20.3 Å². The van der Waals surface area contributed by atoms with Crippen molar-refractivity contribution in [3.05, 3.63) is 29.3 Å². The van der Waals surface area contributed by atoms with Gasteiger partial charge in [-0.2, -0.15) is 0 Å². The van der Waals surface area contributed by atoms with Gasteiger partial charge in [-0.3, -0.25) is 4.79 Å². The molecule has 1 aromatic carbocycles. The minimum absolute atomic E-state index is 0.0108. The second-order valence-corrected chi connectivity index (χ2v) is 5.78. The van der Waals surface area contributed by atoms with Gasteiger partial charge < -0.3 is 10.4 Å². The largest absolute Gasteiger partial charge is 0.393 e. The Balaban J connectivity index is 2.30. The topological polar surface area (TPSA) is 49.3 Å². The van der Waals surface area contributed by atoms with Crippen molar-refractivity contribution in [2.24, 2.45) is 0 Å². The van der Waals surface area contributed by atoms with E-state index in [4.69, 9.17) is 11.6 Å². The third kappa shape index (κ3) is 6.28. The summed E-state index contributed by atoms with van der Waals surface area (Å²) in [7, 11) is 0. The number of rotatable bonds is 6. The van der Waals surface area contributed by atoms with Crippen LogP contribution in [0.3, 0.4) is 0 Å². The Kier molecular flexibility index (Phi) is 6.54. The number of thioether (sulfide) groups is 1. The van der Waals surface area contributed by atoms with Gasteiger partial charge in [-0.15, -0.1) is 11.8 Å². The van der Waals surface area contributed by atoms with E-state index in [9.17, 15) is 9.90 Å². The van der Waals surface area contributed by atoms with E-state index in [0.29, 0.717) is 17.2 Å². The molecule has 0 saturated carbocycles. The molecule has 1 aromatic rings. The third-order valence-electron chi connectivity index (χ3n) is 2.29. The van der Waals surface area contributed by atoms with Crippen LogP contribution >= 0.6 is 23.4 Å². The van der Waals surface area contributed by atoms with Crippen LogP contribution in [0.15, 0.2) is 29.2 Å². The molecule has 0 bridgehead atoms. The highest BCUT2D eigenvalue weighted by Crippen LogP contribution is 2.19. The van der Waals surface area contributed by atoms with Gasteiger partial charge in [0.2, 0.25) is 5.91 Å². The SMILES string of the molecule is CC(O)CC(C)NC(=O)CSc1ccc(Cl)cc1. The van der Waals surface area contributed by atoms with Crippen molar-refractivity contribution in [2.45, 2.75) is 37.3 Å². The highest BCUT2D eigenvalue weighted by molar-refractivity contribution is 8.00. The summed E-state index contributed by atoms with van der Waals surface area (Å²) in [4.78, 5) is 12.6. The smallest absolute Gasteiger partial charge is 0.230 e. The molecular weight excluding hydrogens is 270 g/mol. The molecule has 1 amide bonds. The summed E-state index contributed by atoms with van der Waals surface area (Å²) in [5.41, 5.74) is 0. The first-order valence-electron chi connectivity index (χ1n) is 5.83. The zero-order valence-corrected chi connectivity index (χ0v) is 12.1. The summed E-state index contributed by atoms with van der Waals surface area (Å²) in [5, 5.41) is 12.7. The summed E-state index contributed by atoms with van der Waals surface area (Å²) in [6.07, 6.45) is 0.168. The molecule has 3 nitrogen and oxygen atoms in total. The summed E-state index contributed by atoms with van der Waals surface area (Å²) >= 11 is 7.24. The predicted molar refractivity (Wildman–Crippen MR) is 76.1 cm³/mol. The fraction of sp³-hybridized carbons (Fsp3) is 0.462. The van der Waals surface area contributed by atoms with Gasteiger partial charge in [-0.05, 0) is 44.5 Å². The number of benzene rings is 1. The van der Waals surface area contributed by atoms with Crippen molar-refractivity contribution in [1.29, 1.82) is 0 Å². The van der Waals surface area contributed by atoms with Crippen molar-refractivity contribution in [1.82, 2.24) is 5.32 Å². The van der Waals surface area contributed by atoms with Gasteiger partial charge in [0.25, 0.3) is 0 Å². The van der Waals surface area contributed by atoms with E-state index in [1.807, 2.05) is 19.1 Å². The molecule has 18 heavy (non-hydrogen) atoms. The zero-order valence-electron chi connectivity index (χ0n) is 10.5. The number of hydrogen-bond donors (Lipinski definition) is 2. The molecule has 0 heterocycles. The Morgan fingerprint density at radius 3 is 2.56 bits per heavy atom. The number of aliphatic hydroxyl groups is 1. The maximum atomic E-state index is 11.6. The van der Waals surface area contributed by atoms with E-state index >= 15 is 0 Å². The van der Waals surface area contributed by atoms with Gasteiger partial charge in [0.15, 0.2) is 0 Å². The first-order valence-corrected chi connectivity index (χ1v) is 7.19. The first kappa shape index (κ1) is 15.3. The van der Waals surface area contributed by atoms with E-state index in [0.717, 1.165) is 4.90 Å². The Morgan fingerprint density at radius 2 is 2.00 bits per heavy atom. The molecule has 0 aliphatic carbocycles. The summed E-state index contributed by atoms with van der Waals surface area (Å²) in [5.74, 6) is 0.342. The van der Waals surface area contributed by atoms with Gasteiger partial charge >= 0.3 is 0 Å². The van der Waals surface area contributed by atoms with Crippen LogP contribution in [0.25, 0.3) is 0 Å². The van der Waals surface area contributed by atoms with E-state index in [1.54, 1.807) is 19.1 Å². The molecule has 0 spiro atoms. The van der Waals surface area contributed by atoms with Gasteiger partial charge in [-0.1, -0.05) is 11.6 Å². The average molecular weight is 288 g/mol. The Bertz CT molecular complexity index is 381. The van der Waals surface area contributed by atoms with Gasteiger partial charge in [0, 0.05) is 16.0 Å². The number of nitrogens with one attached hydrogen (secondary N) is 1. The van der Waals surface area contributed by atoms with Crippen LogP contribution in [0.5, 0.6) is 0 Å². The molecule has 2 N–H and O–H groups in total. The number of carbonyl (C=O) groups excluding carboxylic acids is 1. The molecule has 1 rings (SSSR count). The molecule has 0 aliphatic heterocycles. The van der Waals surface area contributed by atoms with Crippen molar-refractivity contribution in [2.75, 3.05) is 5.75 Å². The second kappa shape index (κ2) is 7.67. The van der Waals surface area contributed by atoms with Crippen LogP contribution in [0.2, 0.25) is 5.02 Å². The molecule has 2 atom stereocenters. The lowest BCUT2D eigenvalue weighted by Gasteiger charge is -2.15. The summed E-state index contributed by atoms with van der Waals surface area (Å²) in [6, 6.07) is 7.37. The monoisotopic (exact) mass is 287 g/mol. The van der Waals surface area contributed by atoms with Crippen LogP contribution in [-0.2, 0) is 4.79 Å². The number of amides is 1. The van der Waals surface area contributed by atoms with E-state index in [2.05, 4.69) is 5.32 Å². The summed E-state index contributed by atoms with van der Waals surface area (Å²) in [6.45, 7) is 3.60. The molecule has 0 aliphatic rings.